The van der Waals surface area contributed by atoms with Crippen LogP contribution in [0.25, 0.3) is 0 Å². The van der Waals surface area contributed by atoms with Gasteiger partial charge in [0.05, 0.1) is 24.2 Å². The van der Waals surface area contributed by atoms with Crippen molar-refractivity contribution in [1.82, 2.24) is 10.2 Å². The average Bonchev–Trinajstić information content (AvgIpc) is 2.49. The monoisotopic (exact) mass is 408 g/mol. The van der Waals surface area contributed by atoms with Gasteiger partial charge in [0, 0.05) is 30.7 Å². The third-order valence-corrected chi connectivity index (χ3v) is 5.68. The fourth-order valence-electron chi connectivity index (χ4n) is 2.41. The Morgan fingerprint density at radius 2 is 2.00 bits per heavy atom. The number of aliphatic hydroxyl groups excluding tert-OH is 1. The van der Waals surface area contributed by atoms with Crippen molar-refractivity contribution in [2.24, 2.45) is 0 Å². The second-order valence-corrected chi connectivity index (χ2v) is 6.21. The van der Waals surface area contributed by atoms with Crippen molar-refractivity contribution in [3.05, 3.63) is 20.6 Å². The largest absolute Gasteiger partial charge is 0.503 e. The maximum Gasteiger partial charge on any atom is 0.173 e. The first-order valence-electron chi connectivity index (χ1n) is 6.40. The molecule has 2 rings (SSSR count). The van der Waals surface area contributed by atoms with Crippen molar-refractivity contribution in [2.45, 2.75) is 6.04 Å². The molecule has 0 amide bonds. The molecule has 0 saturated carbocycles. The van der Waals surface area contributed by atoms with Gasteiger partial charge in [-0.05, 0) is 43.5 Å². The minimum Gasteiger partial charge on any atom is -0.503 e. The molecule has 1 aliphatic rings. The highest BCUT2D eigenvalue weighted by Crippen LogP contribution is 2.44. The summed E-state index contributed by atoms with van der Waals surface area (Å²) in [5.74, 6) is 0.448. The van der Waals surface area contributed by atoms with Crippen molar-refractivity contribution < 1.29 is 14.9 Å². The van der Waals surface area contributed by atoms with E-state index < -0.39 is 0 Å². The quantitative estimate of drug-likeness (QED) is 0.708. The number of piperazine rings is 1. The van der Waals surface area contributed by atoms with E-state index in [2.05, 4.69) is 42.1 Å². The van der Waals surface area contributed by atoms with Gasteiger partial charge in [-0.3, -0.25) is 4.90 Å². The Hall–Kier alpha value is -0.340. The molecule has 0 unspecified atom stereocenters. The molecule has 1 heterocycles. The minimum absolute atomic E-state index is 0.0129. The van der Waals surface area contributed by atoms with Crippen LogP contribution in [-0.4, -0.2) is 55.0 Å². The van der Waals surface area contributed by atoms with Gasteiger partial charge < -0.3 is 20.3 Å². The topological polar surface area (TPSA) is 65.0 Å². The zero-order valence-electron chi connectivity index (χ0n) is 11.2. The number of phenols is 1. The van der Waals surface area contributed by atoms with E-state index in [1.165, 1.54) is 7.11 Å². The van der Waals surface area contributed by atoms with Crippen molar-refractivity contribution in [3.8, 4) is 11.5 Å². The summed E-state index contributed by atoms with van der Waals surface area (Å²) in [6, 6.07) is 1.64. The third-order valence-electron chi connectivity index (χ3n) is 3.52. The van der Waals surface area contributed by atoms with Crippen LogP contribution in [0.3, 0.4) is 0 Å². The Balaban J connectivity index is 2.40. The number of phenolic OH excluding ortho intramolecular Hbond substituents is 1. The number of nitrogens with one attached hydrogen (secondary N) is 1. The number of benzene rings is 1. The Morgan fingerprint density at radius 1 is 1.35 bits per heavy atom. The van der Waals surface area contributed by atoms with E-state index in [9.17, 15) is 10.2 Å². The maximum atomic E-state index is 9.98. The molecule has 1 aliphatic heterocycles. The van der Waals surface area contributed by atoms with E-state index in [0.29, 0.717) is 10.2 Å². The molecule has 7 heteroatoms. The Kier molecular flexibility index (Phi) is 5.68. The number of halogens is 2. The van der Waals surface area contributed by atoms with Gasteiger partial charge in [0.15, 0.2) is 11.5 Å². The molecular weight excluding hydrogens is 392 g/mol. The number of nitrogens with zero attached hydrogens (tertiary/aromatic N) is 1. The normalized spacial score (nSPS) is 18.0. The summed E-state index contributed by atoms with van der Waals surface area (Å²) in [5.41, 5.74) is 0.899. The summed E-state index contributed by atoms with van der Waals surface area (Å²) < 4.78 is 6.48. The van der Waals surface area contributed by atoms with E-state index in [1.807, 2.05) is 0 Å². The summed E-state index contributed by atoms with van der Waals surface area (Å²) in [7, 11) is 1.51. The summed E-state index contributed by atoms with van der Waals surface area (Å²) in [4.78, 5) is 2.22. The van der Waals surface area contributed by atoms with Crippen LogP contribution in [0.5, 0.6) is 11.5 Å². The molecule has 0 spiro atoms. The van der Waals surface area contributed by atoms with Crippen molar-refractivity contribution in [3.63, 3.8) is 0 Å². The first kappa shape index (κ1) is 16.0. The average molecular weight is 410 g/mol. The number of aromatic hydroxyl groups is 1. The van der Waals surface area contributed by atoms with E-state index in [1.54, 1.807) is 6.07 Å². The predicted octanol–water partition coefficient (Wildman–Crippen LogP) is 1.86. The van der Waals surface area contributed by atoms with Crippen LogP contribution in [0, 0.1) is 0 Å². The smallest absolute Gasteiger partial charge is 0.173 e. The van der Waals surface area contributed by atoms with Crippen molar-refractivity contribution in [2.75, 3.05) is 39.9 Å². The van der Waals surface area contributed by atoms with Crippen LogP contribution in [0.15, 0.2) is 15.0 Å². The molecular formula is C13H18Br2N2O3. The first-order chi connectivity index (χ1) is 9.60. The molecule has 112 valence electrons. The molecule has 3 N–H and O–H groups in total. The number of hydrogen-bond donors (Lipinski definition) is 3. The van der Waals surface area contributed by atoms with Gasteiger partial charge in [-0.15, -0.1) is 0 Å². The summed E-state index contributed by atoms with van der Waals surface area (Å²) in [5, 5.41) is 23.1. The van der Waals surface area contributed by atoms with Crippen LogP contribution < -0.4 is 10.1 Å². The molecule has 20 heavy (non-hydrogen) atoms. The third kappa shape index (κ3) is 3.12. The summed E-state index contributed by atoms with van der Waals surface area (Å²) in [6.07, 6.45) is 0. The molecule has 1 aromatic carbocycles. The number of ether oxygens (including phenoxy) is 1. The standard InChI is InChI=1S/C13H18Br2N2O3/c1-20-10-6-8(11(14)12(15)13(10)19)9(7-18)17-4-2-16-3-5-17/h6,9,16,18-19H,2-5,7H2,1H3/t9-/m0/s1. The number of methoxy groups -OCH3 is 1. The van der Waals surface area contributed by atoms with Crippen molar-refractivity contribution in [1.29, 1.82) is 0 Å². The summed E-state index contributed by atoms with van der Waals surface area (Å²) >= 11 is 6.84. The molecule has 1 atom stereocenters. The highest BCUT2D eigenvalue weighted by molar-refractivity contribution is 9.13. The van der Waals surface area contributed by atoms with E-state index in [-0.39, 0.29) is 18.4 Å². The lowest BCUT2D eigenvalue weighted by Crippen LogP contribution is -2.46. The van der Waals surface area contributed by atoms with Crippen LogP contribution >= 0.6 is 31.9 Å². The molecule has 0 bridgehead atoms. The predicted molar refractivity (Wildman–Crippen MR) is 84.3 cm³/mol. The van der Waals surface area contributed by atoms with E-state index in [0.717, 1.165) is 36.2 Å². The Bertz CT molecular complexity index is 479. The molecule has 0 radical (unpaired) electrons. The number of aliphatic hydroxyl groups is 1. The van der Waals surface area contributed by atoms with Gasteiger partial charge >= 0.3 is 0 Å². The second kappa shape index (κ2) is 7.09. The highest BCUT2D eigenvalue weighted by atomic mass is 79.9. The first-order valence-corrected chi connectivity index (χ1v) is 7.99. The van der Waals surface area contributed by atoms with Crippen LogP contribution in [-0.2, 0) is 0 Å². The Labute approximate surface area is 135 Å². The fourth-order valence-corrected chi connectivity index (χ4v) is 3.40. The minimum atomic E-state index is -0.128. The van der Waals surface area contributed by atoms with Gasteiger partial charge in [0.25, 0.3) is 0 Å². The van der Waals surface area contributed by atoms with Gasteiger partial charge in [0.1, 0.15) is 0 Å². The number of rotatable bonds is 4. The SMILES string of the molecule is COc1cc([C@H](CO)N2CCNCC2)c(Br)c(Br)c1O. The molecule has 0 aliphatic carbocycles. The molecule has 0 aromatic heterocycles. The van der Waals surface area contributed by atoms with Gasteiger partial charge in [-0.2, -0.15) is 0 Å². The highest BCUT2D eigenvalue weighted by Gasteiger charge is 2.26. The zero-order valence-corrected chi connectivity index (χ0v) is 14.4. The van der Waals surface area contributed by atoms with Crippen LogP contribution in [0.2, 0.25) is 0 Å². The van der Waals surface area contributed by atoms with Crippen LogP contribution in [0.4, 0.5) is 0 Å². The Morgan fingerprint density at radius 3 is 2.55 bits per heavy atom. The maximum absolute atomic E-state index is 9.98. The molecule has 1 saturated heterocycles. The number of hydrogen-bond acceptors (Lipinski definition) is 5. The molecule has 1 aromatic rings. The van der Waals surface area contributed by atoms with Crippen molar-refractivity contribution >= 4 is 31.9 Å². The second-order valence-electron chi connectivity index (χ2n) is 4.63. The molecule has 5 nitrogen and oxygen atoms in total. The van der Waals surface area contributed by atoms with Gasteiger partial charge in [-0.25, -0.2) is 0 Å². The lowest BCUT2D eigenvalue weighted by atomic mass is 10.0. The lowest BCUT2D eigenvalue weighted by Gasteiger charge is -2.35. The zero-order chi connectivity index (χ0) is 14.7. The van der Waals surface area contributed by atoms with Gasteiger partial charge in [0.2, 0.25) is 0 Å². The van der Waals surface area contributed by atoms with Crippen LogP contribution in [0.1, 0.15) is 11.6 Å². The molecule has 1 fully saturated rings. The van der Waals surface area contributed by atoms with E-state index in [4.69, 9.17) is 4.74 Å². The fraction of sp³-hybridized carbons (Fsp3) is 0.538. The lowest BCUT2D eigenvalue weighted by molar-refractivity contribution is 0.110. The summed E-state index contributed by atoms with van der Waals surface area (Å²) in [6.45, 7) is 3.57. The van der Waals surface area contributed by atoms with Gasteiger partial charge in [-0.1, -0.05) is 0 Å². The van der Waals surface area contributed by atoms with E-state index >= 15 is 0 Å².